The Bertz CT molecular complexity index is 801. The fourth-order valence-electron chi connectivity index (χ4n) is 2.63. The maximum atomic E-state index is 11.9. The van der Waals surface area contributed by atoms with Crippen LogP contribution in [0.25, 0.3) is 10.6 Å². The van der Waals surface area contributed by atoms with Gasteiger partial charge in [0.15, 0.2) is 6.61 Å². The first-order chi connectivity index (χ1) is 13.0. The van der Waals surface area contributed by atoms with Crippen LogP contribution in [0.15, 0.2) is 23.6 Å². The van der Waals surface area contributed by atoms with E-state index < -0.39 is 5.97 Å². The van der Waals surface area contributed by atoms with Gasteiger partial charge in [0.05, 0.1) is 28.3 Å². The number of nitrogens with one attached hydrogen (secondary N) is 1. The molecule has 1 aliphatic heterocycles. The number of amides is 1. The van der Waals surface area contributed by atoms with Gasteiger partial charge in [-0.25, -0.2) is 4.98 Å². The lowest BCUT2D eigenvalue weighted by molar-refractivity contribution is -0.148. The molecule has 0 radical (unpaired) electrons. The van der Waals surface area contributed by atoms with Gasteiger partial charge in [-0.05, 0) is 25.0 Å². The standard InChI is InChI=1S/C18H18Cl2N2O4S/c19-13-4-1-5-14(20)17(13)18-22-11(10-27-18)7-16(24)26-9-15(23)21-8-12-3-2-6-25-12/h1,4-5,10,12H,2-3,6-9H2,(H,21,23). The Morgan fingerprint density at radius 2 is 2.11 bits per heavy atom. The number of rotatable bonds is 7. The van der Waals surface area contributed by atoms with Gasteiger partial charge in [0.2, 0.25) is 0 Å². The number of benzene rings is 1. The molecule has 3 rings (SSSR count). The van der Waals surface area contributed by atoms with E-state index >= 15 is 0 Å². The van der Waals surface area contributed by atoms with Crippen molar-refractivity contribution in [2.24, 2.45) is 0 Å². The molecule has 1 amide bonds. The highest BCUT2D eigenvalue weighted by molar-refractivity contribution is 7.13. The molecule has 0 saturated carbocycles. The van der Waals surface area contributed by atoms with Gasteiger partial charge in [-0.3, -0.25) is 9.59 Å². The summed E-state index contributed by atoms with van der Waals surface area (Å²) in [7, 11) is 0. The van der Waals surface area contributed by atoms with Crippen molar-refractivity contribution in [2.45, 2.75) is 25.4 Å². The van der Waals surface area contributed by atoms with Crippen LogP contribution < -0.4 is 5.32 Å². The molecule has 6 nitrogen and oxygen atoms in total. The van der Waals surface area contributed by atoms with Crippen molar-refractivity contribution in [1.82, 2.24) is 10.3 Å². The van der Waals surface area contributed by atoms with E-state index in [1.54, 1.807) is 23.6 Å². The van der Waals surface area contributed by atoms with Gasteiger partial charge in [0.1, 0.15) is 5.01 Å². The highest BCUT2D eigenvalue weighted by Gasteiger charge is 2.18. The fourth-order valence-corrected chi connectivity index (χ4v) is 4.21. The Morgan fingerprint density at radius 3 is 2.81 bits per heavy atom. The lowest BCUT2D eigenvalue weighted by Crippen LogP contribution is -2.35. The number of halogens is 2. The van der Waals surface area contributed by atoms with E-state index in [2.05, 4.69) is 10.3 Å². The SMILES string of the molecule is O=C(COC(=O)Cc1csc(-c2c(Cl)cccc2Cl)n1)NCC1CCCO1. The average Bonchev–Trinajstić information content (AvgIpc) is 3.30. The quantitative estimate of drug-likeness (QED) is 0.682. The molecule has 2 aromatic rings. The number of ether oxygens (including phenoxy) is 2. The summed E-state index contributed by atoms with van der Waals surface area (Å²) < 4.78 is 10.4. The van der Waals surface area contributed by atoms with Gasteiger partial charge in [-0.2, -0.15) is 0 Å². The van der Waals surface area contributed by atoms with Gasteiger partial charge in [-0.1, -0.05) is 29.3 Å². The Kier molecular flexibility index (Phi) is 7.07. The topological polar surface area (TPSA) is 77.5 Å². The average molecular weight is 429 g/mol. The molecule has 1 unspecified atom stereocenters. The Morgan fingerprint density at radius 1 is 1.33 bits per heavy atom. The smallest absolute Gasteiger partial charge is 0.312 e. The Hall–Kier alpha value is -1.67. The second-order valence-electron chi connectivity index (χ2n) is 6.02. The zero-order valence-electron chi connectivity index (χ0n) is 14.4. The van der Waals surface area contributed by atoms with E-state index in [-0.39, 0.29) is 25.0 Å². The minimum Gasteiger partial charge on any atom is -0.455 e. The zero-order chi connectivity index (χ0) is 19.2. The van der Waals surface area contributed by atoms with Crippen LogP contribution in [0.1, 0.15) is 18.5 Å². The summed E-state index contributed by atoms with van der Waals surface area (Å²) >= 11 is 13.7. The molecule has 0 spiro atoms. The highest BCUT2D eigenvalue weighted by Crippen LogP contribution is 2.36. The first-order valence-electron chi connectivity index (χ1n) is 8.45. The summed E-state index contributed by atoms with van der Waals surface area (Å²) in [5, 5.41) is 6.06. The number of carbonyl (C=O) groups is 2. The Labute approximate surface area is 170 Å². The van der Waals surface area contributed by atoms with Gasteiger partial charge in [-0.15, -0.1) is 11.3 Å². The maximum absolute atomic E-state index is 11.9. The molecular weight excluding hydrogens is 411 g/mol. The van der Waals surface area contributed by atoms with E-state index in [0.717, 1.165) is 19.4 Å². The number of carbonyl (C=O) groups excluding carboxylic acids is 2. The largest absolute Gasteiger partial charge is 0.455 e. The van der Waals surface area contributed by atoms with E-state index in [1.165, 1.54) is 11.3 Å². The molecule has 1 aromatic carbocycles. The van der Waals surface area contributed by atoms with Gasteiger partial charge in [0, 0.05) is 24.1 Å². The zero-order valence-corrected chi connectivity index (χ0v) is 16.7. The maximum Gasteiger partial charge on any atom is 0.312 e. The summed E-state index contributed by atoms with van der Waals surface area (Å²) in [5.41, 5.74) is 1.18. The summed E-state index contributed by atoms with van der Waals surface area (Å²) in [6.07, 6.45) is 1.96. The van der Waals surface area contributed by atoms with Crippen molar-refractivity contribution in [1.29, 1.82) is 0 Å². The second-order valence-corrected chi connectivity index (χ2v) is 7.69. The van der Waals surface area contributed by atoms with Crippen LogP contribution in [0, 0.1) is 0 Å². The molecule has 1 fully saturated rings. The molecule has 27 heavy (non-hydrogen) atoms. The molecule has 144 valence electrons. The monoisotopic (exact) mass is 428 g/mol. The van der Waals surface area contributed by atoms with Gasteiger partial charge >= 0.3 is 5.97 Å². The van der Waals surface area contributed by atoms with Crippen molar-refractivity contribution >= 4 is 46.4 Å². The molecule has 1 saturated heterocycles. The summed E-state index contributed by atoms with van der Waals surface area (Å²) in [5.74, 6) is -0.870. The number of esters is 1. The van der Waals surface area contributed by atoms with E-state index in [9.17, 15) is 9.59 Å². The predicted molar refractivity (Wildman–Crippen MR) is 104 cm³/mol. The van der Waals surface area contributed by atoms with E-state index in [4.69, 9.17) is 32.7 Å². The highest BCUT2D eigenvalue weighted by atomic mass is 35.5. The third kappa shape index (κ3) is 5.65. The first-order valence-corrected chi connectivity index (χ1v) is 10.1. The van der Waals surface area contributed by atoms with Crippen LogP contribution in [-0.2, 0) is 25.5 Å². The van der Waals surface area contributed by atoms with Crippen molar-refractivity contribution in [3.05, 3.63) is 39.3 Å². The third-order valence-corrected chi connectivity index (χ3v) is 5.51. The van der Waals surface area contributed by atoms with Crippen molar-refractivity contribution in [3.8, 4) is 10.6 Å². The number of aromatic nitrogens is 1. The van der Waals surface area contributed by atoms with Crippen molar-refractivity contribution < 1.29 is 19.1 Å². The van der Waals surface area contributed by atoms with Crippen LogP contribution in [0.2, 0.25) is 10.0 Å². The van der Waals surface area contributed by atoms with E-state index in [0.29, 0.717) is 32.9 Å². The third-order valence-electron chi connectivity index (χ3n) is 3.97. The van der Waals surface area contributed by atoms with Crippen LogP contribution in [0.3, 0.4) is 0 Å². The number of thiazole rings is 1. The summed E-state index contributed by atoms with van der Waals surface area (Å²) in [6, 6.07) is 5.21. The van der Waals surface area contributed by atoms with Crippen LogP contribution in [-0.4, -0.2) is 42.7 Å². The fraction of sp³-hybridized carbons (Fsp3) is 0.389. The summed E-state index contributed by atoms with van der Waals surface area (Å²) in [6.45, 7) is 0.841. The van der Waals surface area contributed by atoms with Crippen LogP contribution >= 0.6 is 34.5 Å². The minimum absolute atomic E-state index is 0.0302. The molecule has 0 bridgehead atoms. The van der Waals surface area contributed by atoms with Crippen molar-refractivity contribution in [3.63, 3.8) is 0 Å². The molecule has 1 aromatic heterocycles. The molecule has 0 aliphatic carbocycles. The van der Waals surface area contributed by atoms with Gasteiger partial charge < -0.3 is 14.8 Å². The van der Waals surface area contributed by atoms with Crippen molar-refractivity contribution in [2.75, 3.05) is 19.8 Å². The number of hydrogen-bond acceptors (Lipinski definition) is 6. The molecule has 1 N–H and O–H groups in total. The second kappa shape index (κ2) is 9.50. The van der Waals surface area contributed by atoms with Gasteiger partial charge in [0.25, 0.3) is 5.91 Å². The first kappa shape index (κ1) is 20.1. The number of nitrogens with zero attached hydrogens (tertiary/aromatic N) is 1. The minimum atomic E-state index is -0.524. The molecular formula is C18H18Cl2N2O4S. The molecule has 2 heterocycles. The molecule has 9 heteroatoms. The lowest BCUT2D eigenvalue weighted by atomic mass is 10.2. The Balaban J connectivity index is 1.47. The normalized spacial score (nSPS) is 16.3. The van der Waals surface area contributed by atoms with E-state index in [1.807, 2.05) is 0 Å². The molecule has 1 aliphatic rings. The number of hydrogen-bond donors (Lipinski definition) is 1. The predicted octanol–water partition coefficient (Wildman–Crippen LogP) is 3.50. The van der Waals surface area contributed by atoms with Crippen LogP contribution in [0.4, 0.5) is 0 Å². The lowest BCUT2D eigenvalue weighted by Gasteiger charge is -2.10. The summed E-state index contributed by atoms with van der Waals surface area (Å²) in [4.78, 5) is 28.1. The molecule has 1 atom stereocenters. The van der Waals surface area contributed by atoms with Crippen LogP contribution in [0.5, 0.6) is 0 Å².